The van der Waals surface area contributed by atoms with Crippen LogP contribution >= 0.6 is 0 Å². The maximum absolute atomic E-state index is 13.2. The highest BCUT2D eigenvalue weighted by Crippen LogP contribution is 2.18. The first kappa shape index (κ1) is 33.0. The van der Waals surface area contributed by atoms with Gasteiger partial charge in [-0.15, -0.1) is 0 Å². The van der Waals surface area contributed by atoms with Crippen molar-refractivity contribution >= 4 is 41.3 Å². The van der Waals surface area contributed by atoms with E-state index in [1.807, 2.05) is 5.43 Å². The van der Waals surface area contributed by atoms with Gasteiger partial charge in [-0.2, -0.15) is 0 Å². The molecule has 4 N–H and O–H groups in total. The molecule has 0 aliphatic heterocycles. The number of carboxylic acid groups (broad SMARTS) is 1. The summed E-state index contributed by atoms with van der Waals surface area (Å²) in [7, 11) is 0. The fraction of sp³-hybridized carbons (Fsp3) is 0.250. The Balaban J connectivity index is 1.79. The van der Waals surface area contributed by atoms with Gasteiger partial charge >= 0.3 is 17.9 Å². The van der Waals surface area contributed by atoms with Gasteiger partial charge < -0.3 is 19.9 Å². The third-order valence-corrected chi connectivity index (χ3v) is 6.20. The molecule has 0 fully saturated rings. The van der Waals surface area contributed by atoms with Crippen molar-refractivity contribution in [1.29, 1.82) is 0 Å². The number of hydrazine groups is 1. The largest absolute Gasteiger partial charge is 0.478 e. The monoisotopic (exact) mass is 603 g/mol. The lowest BCUT2D eigenvalue weighted by Gasteiger charge is -2.23. The molecule has 0 spiro atoms. The molecule has 2 atom stereocenters. The van der Waals surface area contributed by atoms with Crippen LogP contribution in [0.1, 0.15) is 63.0 Å². The number of carbonyl (C=O) groups excluding carboxylic acids is 5. The molecule has 0 radical (unpaired) electrons. The van der Waals surface area contributed by atoms with E-state index in [4.69, 9.17) is 9.47 Å². The van der Waals surface area contributed by atoms with E-state index in [2.05, 4.69) is 10.7 Å². The summed E-state index contributed by atoms with van der Waals surface area (Å²) in [5.41, 5.74) is 5.70. The first-order valence-electron chi connectivity index (χ1n) is 13.5. The summed E-state index contributed by atoms with van der Waals surface area (Å²) in [5, 5.41) is 12.6. The van der Waals surface area contributed by atoms with Crippen LogP contribution in [0.15, 0.2) is 72.8 Å². The van der Waals surface area contributed by atoms with Gasteiger partial charge in [0.2, 0.25) is 18.1 Å². The van der Waals surface area contributed by atoms with Crippen LogP contribution in [0.4, 0.5) is 5.69 Å². The van der Waals surface area contributed by atoms with Crippen LogP contribution in [0, 0.1) is 19.3 Å². The molecule has 0 unspecified atom stereocenters. The van der Waals surface area contributed by atoms with Crippen LogP contribution < -0.4 is 16.2 Å². The molecule has 230 valence electrons. The minimum atomic E-state index is -2.28. The third-order valence-electron chi connectivity index (χ3n) is 6.20. The van der Waals surface area contributed by atoms with Crippen molar-refractivity contribution in [2.75, 3.05) is 5.32 Å². The summed E-state index contributed by atoms with van der Waals surface area (Å²) in [4.78, 5) is 75.9. The average molecular weight is 604 g/mol. The molecule has 12 heteroatoms. The third kappa shape index (κ3) is 8.99. The van der Waals surface area contributed by atoms with Crippen molar-refractivity contribution in [1.82, 2.24) is 10.9 Å². The molecule has 0 saturated heterocycles. The molecule has 44 heavy (non-hydrogen) atoms. The van der Waals surface area contributed by atoms with Crippen LogP contribution in [0.2, 0.25) is 0 Å². The molecule has 0 aliphatic carbocycles. The van der Waals surface area contributed by atoms with Crippen molar-refractivity contribution in [3.05, 3.63) is 101 Å². The van der Waals surface area contributed by atoms with E-state index in [0.29, 0.717) is 5.69 Å². The number of esters is 2. The number of hydrogen-bond donors (Lipinski definition) is 4. The maximum Gasteiger partial charge on any atom is 0.349 e. The number of aryl methyl sites for hydroxylation is 2. The topological polar surface area (TPSA) is 177 Å². The maximum atomic E-state index is 13.2. The Morgan fingerprint density at radius 2 is 1.07 bits per heavy atom. The minimum Gasteiger partial charge on any atom is -0.478 e. The van der Waals surface area contributed by atoms with Crippen LogP contribution in [0.25, 0.3) is 0 Å². The molecule has 12 nitrogen and oxygen atoms in total. The SMILES string of the molecule is Cc1ccc(C(=O)O[C@H](C(=O)O)[C@H](OC(=O)c2ccc(C)cc2)C(=O)NNC(=O)c2ccc(NC(=O)C(C)(C)C)cc2)cc1. The summed E-state index contributed by atoms with van der Waals surface area (Å²) >= 11 is 0. The Kier molecular flexibility index (Phi) is 10.6. The Morgan fingerprint density at radius 3 is 1.50 bits per heavy atom. The number of aliphatic carboxylic acids is 1. The van der Waals surface area contributed by atoms with Crippen molar-refractivity contribution < 1.29 is 43.3 Å². The molecular weight excluding hydrogens is 570 g/mol. The standard InChI is InChI=1S/C32H33N3O9/c1-18-6-10-21(11-7-18)29(40)43-24(25(28(38)39)44-30(41)22-12-8-19(2)9-13-22)27(37)35-34-26(36)20-14-16-23(17-15-20)33-31(42)32(3,4)5/h6-17,24-25H,1-5H3,(H,33,42)(H,34,36)(H,35,37)(H,38,39)/t24-,25-/m0/s1. The molecule has 0 bridgehead atoms. The van der Waals surface area contributed by atoms with E-state index in [1.165, 1.54) is 48.5 Å². The highest BCUT2D eigenvalue weighted by molar-refractivity contribution is 6.00. The number of carboxylic acids is 1. The lowest BCUT2D eigenvalue weighted by molar-refractivity contribution is -0.159. The second kappa shape index (κ2) is 14.1. The van der Waals surface area contributed by atoms with Crippen molar-refractivity contribution in [3.63, 3.8) is 0 Å². The molecular formula is C32H33N3O9. The fourth-order valence-corrected chi connectivity index (χ4v) is 3.53. The van der Waals surface area contributed by atoms with Gasteiger partial charge in [-0.25, -0.2) is 14.4 Å². The zero-order valence-electron chi connectivity index (χ0n) is 24.8. The Hall–Kier alpha value is -5.52. The first-order valence-corrected chi connectivity index (χ1v) is 13.5. The van der Waals surface area contributed by atoms with Crippen molar-refractivity contribution in [3.8, 4) is 0 Å². The van der Waals surface area contributed by atoms with E-state index in [0.717, 1.165) is 11.1 Å². The molecule has 3 aromatic rings. The van der Waals surface area contributed by atoms with Crippen LogP contribution in [0.3, 0.4) is 0 Å². The lowest BCUT2D eigenvalue weighted by atomic mass is 9.95. The lowest BCUT2D eigenvalue weighted by Crippen LogP contribution is -2.54. The smallest absolute Gasteiger partial charge is 0.349 e. The number of carbonyl (C=O) groups is 6. The molecule has 0 saturated carbocycles. The second-order valence-electron chi connectivity index (χ2n) is 10.9. The molecule has 0 aliphatic rings. The molecule has 3 aromatic carbocycles. The molecule has 0 heterocycles. The minimum absolute atomic E-state index is 0.00121. The van der Waals surface area contributed by atoms with Crippen molar-refractivity contribution in [2.24, 2.45) is 5.41 Å². The van der Waals surface area contributed by atoms with Crippen LogP contribution in [-0.4, -0.2) is 52.9 Å². The summed E-state index contributed by atoms with van der Waals surface area (Å²) in [6, 6.07) is 17.8. The van der Waals surface area contributed by atoms with Gasteiger partial charge in [0.1, 0.15) is 0 Å². The van der Waals surface area contributed by atoms with Crippen LogP contribution in [0.5, 0.6) is 0 Å². The number of hydrogen-bond acceptors (Lipinski definition) is 8. The number of benzene rings is 3. The van der Waals surface area contributed by atoms with Gasteiger partial charge in [0, 0.05) is 16.7 Å². The fourth-order valence-electron chi connectivity index (χ4n) is 3.53. The van der Waals surface area contributed by atoms with Crippen LogP contribution in [-0.2, 0) is 23.9 Å². The quantitative estimate of drug-likeness (QED) is 0.210. The number of rotatable bonds is 9. The predicted molar refractivity (Wildman–Crippen MR) is 159 cm³/mol. The van der Waals surface area contributed by atoms with E-state index < -0.39 is 47.3 Å². The highest BCUT2D eigenvalue weighted by Gasteiger charge is 2.41. The van der Waals surface area contributed by atoms with Gasteiger partial charge in [0.25, 0.3) is 11.8 Å². The zero-order valence-corrected chi connectivity index (χ0v) is 24.8. The first-order chi connectivity index (χ1) is 20.6. The van der Waals surface area contributed by atoms with Gasteiger partial charge in [0.15, 0.2) is 0 Å². The Morgan fingerprint density at radius 1 is 0.636 bits per heavy atom. The summed E-state index contributed by atoms with van der Waals surface area (Å²) in [5.74, 6) is -6.24. The van der Waals surface area contributed by atoms with Crippen molar-refractivity contribution in [2.45, 2.75) is 46.8 Å². The highest BCUT2D eigenvalue weighted by atomic mass is 16.6. The predicted octanol–water partition coefficient (Wildman–Crippen LogP) is 3.58. The number of amides is 3. The second-order valence-corrected chi connectivity index (χ2v) is 10.9. The van der Waals surface area contributed by atoms with Gasteiger partial charge in [-0.05, 0) is 62.4 Å². The number of nitrogens with one attached hydrogen (secondary N) is 3. The summed E-state index contributed by atoms with van der Waals surface area (Å²) < 4.78 is 10.3. The van der Waals surface area contributed by atoms with Gasteiger partial charge in [0.05, 0.1) is 11.1 Å². The Labute approximate surface area is 253 Å². The number of ether oxygens (including phenoxy) is 2. The summed E-state index contributed by atoms with van der Waals surface area (Å²) in [6.07, 6.45) is -4.48. The van der Waals surface area contributed by atoms with E-state index in [1.54, 1.807) is 58.9 Å². The Bertz CT molecular complexity index is 1540. The van der Waals surface area contributed by atoms with Gasteiger partial charge in [-0.3, -0.25) is 25.2 Å². The molecule has 3 amide bonds. The molecule has 3 rings (SSSR count). The number of anilines is 1. The summed E-state index contributed by atoms with van der Waals surface area (Å²) in [6.45, 7) is 8.81. The average Bonchev–Trinajstić information content (AvgIpc) is 2.97. The van der Waals surface area contributed by atoms with E-state index in [-0.39, 0.29) is 22.6 Å². The van der Waals surface area contributed by atoms with Gasteiger partial charge in [-0.1, -0.05) is 56.2 Å². The molecule has 0 aromatic heterocycles. The normalized spacial score (nSPS) is 12.2. The zero-order chi connectivity index (χ0) is 32.6. The van der Waals surface area contributed by atoms with E-state index in [9.17, 15) is 33.9 Å². The van der Waals surface area contributed by atoms with E-state index >= 15 is 0 Å².